The Kier molecular flexibility index (Phi) is 5.56. The third-order valence-electron chi connectivity index (χ3n) is 3.02. The number of rotatable bonds is 6. The van der Waals surface area contributed by atoms with E-state index in [9.17, 15) is 9.90 Å². The van der Waals surface area contributed by atoms with Gasteiger partial charge in [-0.15, -0.1) is 6.42 Å². The highest BCUT2D eigenvalue weighted by Crippen LogP contribution is 2.20. The molecule has 0 spiro atoms. The predicted octanol–water partition coefficient (Wildman–Crippen LogP) is 0.622. The van der Waals surface area contributed by atoms with E-state index < -0.39 is 11.6 Å². The molecule has 0 fully saturated rings. The molecule has 2 atom stereocenters. The summed E-state index contributed by atoms with van der Waals surface area (Å²) in [7, 11) is 0. The number of hydrogen-bond donors (Lipinski definition) is 3. The minimum absolute atomic E-state index is 0.107. The zero-order valence-corrected chi connectivity index (χ0v) is 11.3. The number of amides is 1. The Balaban J connectivity index is 2.76. The van der Waals surface area contributed by atoms with Gasteiger partial charge >= 0.3 is 0 Å². The minimum atomic E-state index is -0.672. The van der Waals surface area contributed by atoms with Gasteiger partial charge in [-0.1, -0.05) is 36.3 Å². The van der Waals surface area contributed by atoms with E-state index in [1.807, 2.05) is 37.3 Å². The average Bonchev–Trinajstić information content (AvgIpc) is 2.45. The molecule has 0 saturated carbocycles. The first-order valence-electron chi connectivity index (χ1n) is 6.19. The highest BCUT2D eigenvalue weighted by molar-refractivity contribution is 5.81. The Morgan fingerprint density at radius 1 is 1.47 bits per heavy atom. The van der Waals surface area contributed by atoms with Gasteiger partial charge in [-0.05, 0) is 19.4 Å². The Labute approximate surface area is 114 Å². The van der Waals surface area contributed by atoms with Crippen LogP contribution in [0.4, 0.5) is 0 Å². The topological polar surface area (TPSA) is 61.4 Å². The van der Waals surface area contributed by atoms with Crippen LogP contribution in [-0.4, -0.2) is 30.2 Å². The van der Waals surface area contributed by atoms with Gasteiger partial charge in [-0.2, -0.15) is 0 Å². The molecule has 3 N–H and O–H groups in total. The third-order valence-corrected chi connectivity index (χ3v) is 3.02. The van der Waals surface area contributed by atoms with Crippen molar-refractivity contribution in [3.05, 3.63) is 35.9 Å². The zero-order valence-electron chi connectivity index (χ0n) is 11.3. The molecule has 0 aromatic heterocycles. The van der Waals surface area contributed by atoms with Crippen LogP contribution in [0.1, 0.15) is 19.4 Å². The van der Waals surface area contributed by atoms with E-state index >= 15 is 0 Å². The second-order valence-corrected chi connectivity index (χ2v) is 4.64. The molecule has 1 aromatic carbocycles. The van der Waals surface area contributed by atoms with Crippen LogP contribution >= 0.6 is 0 Å². The quantitative estimate of drug-likeness (QED) is 0.657. The number of carbonyl (C=O) groups is 1. The van der Waals surface area contributed by atoms with Crippen molar-refractivity contribution < 1.29 is 9.90 Å². The van der Waals surface area contributed by atoms with Crippen LogP contribution in [0.3, 0.4) is 0 Å². The van der Waals surface area contributed by atoms with Gasteiger partial charge < -0.3 is 10.4 Å². The molecule has 0 aliphatic carbocycles. The summed E-state index contributed by atoms with van der Waals surface area (Å²) in [6.45, 7) is 3.69. The first kappa shape index (κ1) is 15.2. The van der Waals surface area contributed by atoms with Crippen LogP contribution in [0.15, 0.2) is 30.3 Å². The number of terminal acetylenes is 1. The summed E-state index contributed by atoms with van der Waals surface area (Å²) >= 11 is 0. The Bertz CT molecular complexity index is 453. The van der Waals surface area contributed by atoms with E-state index in [0.717, 1.165) is 5.56 Å². The maximum atomic E-state index is 11.8. The lowest BCUT2D eigenvalue weighted by Gasteiger charge is -2.32. The smallest absolute Gasteiger partial charge is 0.237 e. The van der Waals surface area contributed by atoms with Crippen LogP contribution in [0.25, 0.3) is 0 Å². The third kappa shape index (κ3) is 4.09. The monoisotopic (exact) mass is 260 g/mol. The van der Waals surface area contributed by atoms with Crippen LogP contribution in [0.2, 0.25) is 0 Å². The molecule has 19 heavy (non-hydrogen) atoms. The van der Waals surface area contributed by atoms with Crippen molar-refractivity contribution >= 4 is 5.91 Å². The lowest BCUT2D eigenvalue weighted by atomic mass is 9.92. The summed E-state index contributed by atoms with van der Waals surface area (Å²) in [5.74, 6) is 2.17. The first-order chi connectivity index (χ1) is 9.03. The molecule has 0 heterocycles. The van der Waals surface area contributed by atoms with E-state index in [1.165, 1.54) is 0 Å². The molecule has 0 aliphatic heterocycles. The Morgan fingerprint density at radius 3 is 2.63 bits per heavy atom. The normalized spacial score (nSPS) is 15.1. The molecule has 0 aliphatic rings. The highest BCUT2D eigenvalue weighted by atomic mass is 16.3. The minimum Gasteiger partial charge on any atom is -0.394 e. The molecular formula is C15H20N2O2. The van der Waals surface area contributed by atoms with E-state index in [-0.39, 0.29) is 19.1 Å². The predicted molar refractivity (Wildman–Crippen MR) is 75.3 cm³/mol. The van der Waals surface area contributed by atoms with Gasteiger partial charge in [0.05, 0.1) is 24.7 Å². The number of benzene rings is 1. The van der Waals surface area contributed by atoms with Gasteiger partial charge in [0.1, 0.15) is 0 Å². The number of nitrogens with one attached hydrogen (secondary N) is 2. The van der Waals surface area contributed by atoms with E-state index in [4.69, 9.17) is 6.42 Å². The van der Waals surface area contributed by atoms with Crippen molar-refractivity contribution in [2.24, 2.45) is 0 Å². The number of aliphatic hydroxyl groups is 1. The first-order valence-corrected chi connectivity index (χ1v) is 6.19. The summed E-state index contributed by atoms with van der Waals surface area (Å²) in [6.07, 6.45) is 5.10. The van der Waals surface area contributed by atoms with Crippen molar-refractivity contribution in [1.29, 1.82) is 0 Å². The van der Waals surface area contributed by atoms with Crippen molar-refractivity contribution in [2.45, 2.75) is 25.4 Å². The van der Waals surface area contributed by atoms with Crippen LogP contribution in [0, 0.1) is 12.3 Å². The van der Waals surface area contributed by atoms with Gasteiger partial charge in [0.15, 0.2) is 0 Å². The lowest BCUT2D eigenvalue weighted by molar-refractivity contribution is -0.123. The second-order valence-electron chi connectivity index (χ2n) is 4.64. The number of aliphatic hydroxyl groups excluding tert-OH is 1. The van der Waals surface area contributed by atoms with Crippen molar-refractivity contribution in [1.82, 2.24) is 10.6 Å². The summed E-state index contributed by atoms with van der Waals surface area (Å²) < 4.78 is 0. The summed E-state index contributed by atoms with van der Waals surface area (Å²) in [6, 6.07) is 9.07. The van der Waals surface area contributed by atoms with E-state index in [1.54, 1.807) is 6.92 Å². The molecular weight excluding hydrogens is 240 g/mol. The Hall–Kier alpha value is -1.83. The Morgan fingerprint density at radius 2 is 2.11 bits per heavy atom. The highest BCUT2D eigenvalue weighted by Gasteiger charge is 2.29. The van der Waals surface area contributed by atoms with E-state index in [0.29, 0.717) is 0 Å². The van der Waals surface area contributed by atoms with Crippen molar-refractivity contribution in [3.8, 4) is 12.3 Å². The molecule has 4 nitrogen and oxygen atoms in total. The maximum Gasteiger partial charge on any atom is 0.237 e. The molecule has 1 rings (SSSR count). The van der Waals surface area contributed by atoms with E-state index in [2.05, 4.69) is 16.6 Å². The van der Waals surface area contributed by atoms with Gasteiger partial charge in [0, 0.05) is 0 Å². The molecule has 0 saturated heterocycles. The zero-order chi connectivity index (χ0) is 14.3. The number of hydrogen-bond acceptors (Lipinski definition) is 3. The number of carbonyl (C=O) groups excluding carboxylic acids is 1. The van der Waals surface area contributed by atoms with Gasteiger partial charge in [-0.3, -0.25) is 10.1 Å². The molecule has 102 valence electrons. The summed E-state index contributed by atoms with van der Waals surface area (Å²) in [5, 5.41) is 15.4. The van der Waals surface area contributed by atoms with Crippen molar-refractivity contribution in [3.63, 3.8) is 0 Å². The molecule has 4 heteroatoms. The largest absolute Gasteiger partial charge is 0.394 e. The summed E-state index contributed by atoms with van der Waals surface area (Å²) in [4.78, 5) is 11.8. The van der Waals surface area contributed by atoms with Gasteiger partial charge in [0.2, 0.25) is 5.91 Å². The molecule has 1 amide bonds. The van der Waals surface area contributed by atoms with Gasteiger partial charge in [-0.25, -0.2) is 0 Å². The molecule has 0 radical (unpaired) electrons. The standard InChI is InChI=1S/C15H20N2O2/c1-4-10-16-14(19)12(2)17-15(3,11-18)13-8-6-5-7-9-13/h1,5-9,12,17-18H,10-11H2,2-3H3,(H,16,19). The molecule has 1 aromatic rings. The fraction of sp³-hybridized carbons (Fsp3) is 0.400. The van der Waals surface area contributed by atoms with Crippen LogP contribution in [0.5, 0.6) is 0 Å². The van der Waals surface area contributed by atoms with Crippen LogP contribution in [-0.2, 0) is 10.3 Å². The fourth-order valence-corrected chi connectivity index (χ4v) is 1.86. The average molecular weight is 260 g/mol. The second kappa shape index (κ2) is 6.93. The maximum absolute atomic E-state index is 11.8. The van der Waals surface area contributed by atoms with Crippen LogP contribution < -0.4 is 10.6 Å². The summed E-state index contributed by atoms with van der Waals surface area (Å²) in [5.41, 5.74) is 0.253. The molecule has 2 unspecified atom stereocenters. The SMILES string of the molecule is C#CCNC(=O)C(C)NC(C)(CO)c1ccccc1. The van der Waals surface area contributed by atoms with Crippen molar-refractivity contribution in [2.75, 3.05) is 13.2 Å². The lowest BCUT2D eigenvalue weighted by Crippen LogP contribution is -2.53. The molecule has 0 bridgehead atoms. The fourth-order valence-electron chi connectivity index (χ4n) is 1.86. The van der Waals surface area contributed by atoms with Gasteiger partial charge in [0.25, 0.3) is 0 Å².